The van der Waals surface area contributed by atoms with Crippen molar-refractivity contribution in [3.05, 3.63) is 36.5 Å². The number of hydrogen-bond acceptors (Lipinski definition) is 4. The van der Waals surface area contributed by atoms with Gasteiger partial charge in [0.1, 0.15) is 6.04 Å². The second-order valence-corrected chi connectivity index (χ2v) is 5.04. The van der Waals surface area contributed by atoms with E-state index in [0.717, 1.165) is 16.9 Å². The van der Waals surface area contributed by atoms with E-state index in [1.54, 1.807) is 6.20 Å². The molecule has 1 aliphatic heterocycles. The van der Waals surface area contributed by atoms with Crippen LogP contribution in [0.2, 0.25) is 0 Å². The monoisotopic (exact) mass is 286 g/mol. The molecule has 0 saturated carbocycles. The molecule has 3 rings (SSSR count). The number of benzene rings is 1. The van der Waals surface area contributed by atoms with Gasteiger partial charge in [-0.2, -0.15) is 5.10 Å². The molecule has 2 heterocycles. The zero-order valence-electron chi connectivity index (χ0n) is 11.8. The number of carbonyl (C=O) groups is 1. The van der Waals surface area contributed by atoms with Crippen LogP contribution < -0.4 is 10.6 Å². The molecule has 1 saturated heterocycles. The highest BCUT2D eigenvalue weighted by molar-refractivity contribution is 5.95. The minimum absolute atomic E-state index is 0.0727. The third-order valence-electron chi connectivity index (χ3n) is 3.56. The van der Waals surface area contributed by atoms with Gasteiger partial charge in [-0.25, -0.2) is 0 Å². The highest BCUT2D eigenvalue weighted by Gasteiger charge is 2.28. The standard InChI is InChI=1S/C15H18N4O2/c1-10-14(16-8-9-21-10)15(20)18-12-4-2-11(3-5-12)13-6-7-17-19-13/h2-7,10,14,16H,8-9H2,1H3,(H,17,19)(H,18,20)/t10-,14+/m1/s1. The summed E-state index contributed by atoms with van der Waals surface area (Å²) in [5.41, 5.74) is 2.74. The van der Waals surface area contributed by atoms with Gasteiger partial charge in [0.05, 0.1) is 18.4 Å². The molecule has 6 heteroatoms. The first-order valence-corrected chi connectivity index (χ1v) is 7.00. The van der Waals surface area contributed by atoms with Crippen LogP contribution in [0.15, 0.2) is 36.5 Å². The molecule has 1 aromatic heterocycles. The summed E-state index contributed by atoms with van der Waals surface area (Å²) >= 11 is 0. The smallest absolute Gasteiger partial charge is 0.244 e. The lowest BCUT2D eigenvalue weighted by atomic mass is 10.1. The van der Waals surface area contributed by atoms with Gasteiger partial charge in [-0.1, -0.05) is 12.1 Å². The van der Waals surface area contributed by atoms with Gasteiger partial charge in [0.25, 0.3) is 0 Å². The fraction of sp³-hybridized carbons (Fsp3) is 0.333. The summed E-state index contributed by atoms with van der Waals surface area (Å²) in [5.74, 6) is -0.0727. The highest BCUT2D eigenvalue weighted by Crippen LogP contribution is 2.19. The Morgan fingerprint density at radius 1 is 1.33 bits per heavy atom. The first kappa shape index (κ1) is 13.8. The fourth-order valence-electron chi connectivity index (χ4n) is 2.40. The van der Waals surface area contributed by atoms with Crippen molar-refractivity contribution in [1.29, 1.82) is 0 Å². The van der Waals surface area contributed by atoms with E-state index < -0.39 is 0 Å². The summed E-state index contributed by atoms with van der Waals surface area (Å²) < 4.78 is 5.48. The van der Waals surface area contributed by atoms with E-state index in [2.05, 4.69) is 20.8 Å². The van der Waals surface area contributed by atoms with Crippen LogP contribution in [-0.4, -0.2) is 41.4 Å². The lowest BCUT2D eigenvalue weighted by molar-refractivity contribution is -0.123. The number of nitrogens with zero attached hydrogens (tertiary/aromatic N) is 1. The van der Waals surface area contributed by atoms with Gasteiger partial charge in [-0.05, 0) is 30.7 Å². The predicted molar refractivity (Wildman–Crippen MR) is 79.9 cm³/mol. The van der Waals surface area contributed by atoms with E-state index in [1.807, 2.05) is 37.3 Å². The van der Waals surface area contributed by atoms with Gasteiger partial charge in [-0.15, -0.1) is 0 Å². The number of rotatable bonds is 3. The Morgan fingerprint density at radius 3 is 2.81 bits per heavy atom. The lowest BCUT2D eigenvalue weighted by Crippen LogP contribution is -2.53. The highest BCUT2D eigenvalue weighted by atomic mass is 16.5. The van der Waals surface area contributed by atoms with Crippen LogP contribution in [-0.2, 0) is 9.53 Å². The number of morpholine rings is 1. The van der Waals surface area contributed by atoms with Crippen molar-refractivity contribution in [1.82, 2.24) is 15.5 Å². The lowest BCUT2D eigenvalue weighted by Gasteiger charge is -2.29. The molecule has 2 atom stereocenters. The molecule has 0 bridgehead atoms. The van der Waals surface area contributed by atoms with E-state index in [4.69, 9.17) is 4.74 Å². The molecule has 0 unspecified atom stereocenters. The minimum Gasteiger partial charge on any atom is -0.375 e. The third kappa shape index (κ3) is 3.12. The van der Waals surface area contributed by atoms with Crippen LogP contribution in [0, 0.1) is 0 Å². The number of carbonyl (C=O) groups excluding carboxylic acids is 1. The second kappa shape index (κ2) is 6.07. The van der Waals surface area contributed by atoms with Gasteiger partial charge in [-0.3, -0.25) is 9.89 Å². The van der Waals surface area contributed by atoms with Crippen molar-refractivity contribution >= 4 is 11.6 Å². The summed E-state index contributed by atoms with van der Waals surface area (Å²) in [5, 5.41) is 12.9. The number of H-pyrrole nitrogens is 1. The molecule has 0 spiro atoms. The summed E-state index contributed by atoms with van der Waals surface area (Å²) in [7, 11) is 0. The number of aromatic nitrogens is 2. The van der Waals surface area contributed by atoms with E-state index in [0.29, 0.717) is 13.2 Å². The van der Waals surface area contributed by atoms with Gasteiger partial charge in [0.15, 0.2) is 0 Å². The average Bonchev–Trinajstić information content (AvgIpc) is 3.02. The molecule has 1 aromatic carbocycles. The minimum atomic E-state index is -0.314. The van der Waals surface area contributed by atoms with Crippen LogP contribution >= 0.6 is 0 Å². The molecule has 2 aromatic rings. The van der Waals surface area contributed by atoms with E-state index in [-0.39, 0.29) is 18.1 Å². The Labute approximate surface area is 122 Å². The molecule has 6 nitrogen and oxygen atoms in total. The Morgan fingerprint density at radius 2 is 2.14 bits per heavy atom. The van der Waals surface area contributed by atoms with Crippen LogP contribution in [0.4, 0.5) is 5.69 Å². The normalized spacial score (nSPS) is 22.0. The molecule has 3 N–H and O–H groups in total. The van der Waals surface area contributed by atoms with Crippen LogP contribution in [0.3, 0.4) is 0 Å². The summed E-state index contributed by atoms with van der Waals surface area (Å²) in [6.45, 7) is 3.24. The molecular weight excluding hydrogens is 268 g/mol. The summed E-state index contributed by atoms with van der Waals surface area (Å²) in [4.78, 5) is 12.2. The maximum absolute atomic E-state index is 12.2. The van der Waals surface area contributed by atoms with Crippen molar-refractivity contribution in [3.63, 3.8) is 0 Å². The van der Waals surface area contributed by atoms with Crippen molar-refractivity contribution in [2.45, 2.75) is 19.1 Å². The van der Waals surface area contributed by atoms with Crippen molar-refractivity contribution < 1.29 is 9.53 Å². The average molecular weight is 286 g/mol. The van der Waals surface area contributed by atoms with Crippen molar-refractivity contribution in [3.8, 4) is 11.3 Å². The molecule has 21 heavy (non-hydrogen) atoms. The van der Waals surface area contributed by atoms with E-state index in [9.17, 15) is 4.79 Å². The maximum atomic E-state index is 12.2. The zero-order chi connectivity index (χ0) is 14.7. The van der Waals surface area contributed by atoms with Gasteiger partial charge in [0, 0.05) is 18.4 Å². The van der Waals surface area contributed by atoms with Crippen LogP contribution in [0.25, 0.3) is 11.3 Å². The summed E-state index contributed by atoms with van der Waals surface area (Å²) in [6, 6.07) is 9.23. The Balaban J connectivity index is 1.66. The molecule has 1 amide bonds. The Bertz CT molecular complexity index is 595. The quantitative estimate of drug-likeness (QED) is 0.796. The third-order valence-corrected chi connectivity index (χ3v) is 3.56. The molecule has 1 fully saturated rings. The zero-order valence-corrected chi connectivity index (χ0v) is 11.8. The molecule has 0 radical (unpaired) electrons. The number of anilines is 1. The Kier molecular flexibility index (Phi) is 3.98. The number of amides is 1. The molecular formula is C15H18N4O2. The topological polar surface area (TPSA) is 79.0 Å². The summed E-state index contributed by atoms with van der Waals surface area (Å²) in [6.07, 6.45) is 1.59. The molecule has 0 aliphatic carbocycles. The Hall–Kier alpha value is -2.18. The largest absolute Gasteiger partial charge is 0.375 e. The predicted octanol–water partition coefficient (Wildman–Crippen LogP) is 1.39. The first-order valence-electron chi connectivity index (χ1n) is 7.00. The second-order valence-electron chi connectivity index (χ2n) is 5.04. The molecule has 110 valence electrons. The van der Waals surface area contributed by atoms with Crippen LogP contribution in [0.1, 0.15) is 6.92 Å². The number of nitrogens with one attached hydrogen (secondary N) is 3. The van der Waals surface area contributed by atoms with Crippen molar-refractivity contribution in [2.24, 2.45) is 0 Å². The van der Waals surface area contributed by atoms with E-state index in [1.165, 1.54) is 0 Å². The van der Waals surface area contributed by atoms with Crippen LogP contribution in [0.5, 0.6) is 0 Å². The number of hydrogen-bond donors (Lipinski definition) is 3. The van der Waals surface area contributed by atoms with Gasteiger partial charge < -0.3 is 15.4 Å². The van der Waals surface area contributed by atoms with Crippen molar-refractivity contribution in [2.75, 3.05) is 18.5 Å². The number of aromatic amines is 1. The number of ether oxygens (including phenoxy) is 1. The van der Waals surface area contributed by atoms with E-state index >= 15 is 0 Å². The first-order chi connectivity index (χ1) is 10.2. The maximum Gasteiger partial charge on any atom is 0.244 e. The van der Waals surface area contributed by atoms with Gasteiger partial charge in [0.2, 0.25) is 5.91 Å². The fourth-order valence-corrected chi connectivity index (χ4v) is 2.40. The van der Waals surface area contributed by atoms with Gasteiger partial charge >= 0.3 is 0 Å². The SMILES string of the molecule is C[C@H]1OCCN[C@@H]1C(=O)Nc1ccc(-c2ccn[nH]2)cc1. The molecule has 1 aliphatic rings.